The summed E-state index contributed by atoms with van der Waals surface area (Å²) in [5, 5.41) is 12.3. The summed E-state index contributed by atoms with van der Waals surface area (Å²) in [4.78, 5) is 12.3. The minimum Gasteiger partial charge on any atom is -0.394 e. The van der Waals surface area contributed by atoms with Crippen LogP contribution in [0.5, 0.6) is 0 Å². The highest BCUT2D eigenvalue weighted by atomic mass is 32.2. The lowest BCUT2D eigenvalue weighted by Crippen LogP contribution is -2.42. The Balaban J connectivity index is 2.49. The van der Waals surface area contributed by atoms with E-state index in [9.17, 15) is 9.90 Å². The standard InChI is InChI=1S/C16H25NO2S2/c1-21-9-5-8-15(11-18)17-16(19)14(12-20)10-13-6-3-2-4-7-13/h2-4,6-7,14-15,18,20H,5,8-12H2,1H3,(H,17,19)/t14-,15+/m1/s1. The van der Waals surface area contributed by atoms with Gasteiger partial charge in [0.15, 0.2) is 0 Å². The number of carbonyl (C=O) groups is 1. The maximum atomic E-state index is 12.3. The van der Waals surface area contributed by atoms with Gasteiger partial charge in [-0.25, -0.2) is 0 Å². The van der Waals surface area contributed by atoms with E-state index in [1.165, 1.54) is 0 Å². The molecule has 5 heteroatoms. The molecular weight excluding hydrogens is 302 g/mol. The van der Waals surface area contributed by atoms with Gasteiger partial charge in [-0.2, -0.15) is 24.4 Å². The fraction of sp³-hybridized carbons (Fsp3) is 0.562. The molecule has 0 unspecified atom stereocenters. The zero-order valence-electron chi connectivity index (χ0n) is 12.5. The van der Waals surface area contributed by atoms with Crippen LogP contribution in [-0.2, 0) is 11.2 Å². The van der Waals surface area contributed by atoms with Crippen LogP contribution in [-0.4, -0.2) is 41.4 Å². The molecule has 2 N–H and O–H groups in total. The van der Waals surface area contributed by atoms with E-state index in [4.69, 9.17) is 0 Å². The van der Waals surface area contributed by atoms with Crippen molar-refractivity contribution >= 4 is 30.3 Å². The summed E-state index contributed by atoms with van der Waals surface area (Å²) in [6.07, 6.45) is 4.55. The van der Waals surface area contributed by atoms with Gasteiger partial charge in [-0.3, -0.25) is 4.79 Å². The number of rotatable bonds is 10. The van der Waals surface area contributed by atoms with E-state index in [0.717, 1.165) is 24.2 Å². The first-order valence-corrected chi connectivity index (χ1v) is 9.28. The highest BCUT2D eigenvalue weighted by molar-refractivity contribution is 7.98. The predicted octanol–water partition coefficient (Wildman–Crippen LogP) is 2.40. The van der Waals surface area contributed by atoms with Gasteiger partial charge < -0.3 is 10.4 Å². The number of aliphatic hydroxyl groups is 1. The predicted molar refractivity (Wildman–Crippen MR) is 94.1 cm³/mol. The lowest BCUT2D eigenvalue weighted by molar-refractivity contribution is -0.125. The monoisotopic (exact) mass is 327 g/mol. The van der Waals surface area contributed by atoms with Crippen LogP contribution in [0.2, 0.25) is 0 Å². The molecular formula is C16H25NO2S2. The maximum absolute atomic E-state index is 12.3. The van der Waals surface area contributed by atoms with E-state index in [1.54, 1.807) is 11.8 Å². The maximum Gasteiger partial charge on any atom is 0.224 e. The molecule has 1 rings (SSSR count). The minimum atomic E-state index is -0.162. The Kier molecular flexibility index (Phi) is 9.63. The first kappa shape index (κ1) is 18.4. The third-order valence-electron chi connectivity index (χ3n) is 3.38. The van der Waals surface area contributed by atoms with Crippen LogP contribution in [0.25, 0.3) is 0 Å². The SMILES string of the molecule is CSCCC[C@@H](CO)NC(=O)[C@@H](CS)Cc1ccccc1. The van der Waals surface area contributed by atoms with Crippen molar-refractivity contribution in [3.63, 3.8) is 0 Å². The van der Waals surface area contributed by atoms with E-state index < -0.39 is 0 Å². The molecule has 1 aromatic rings. The van der Waals surface area contributed by atoms with Gasteiger partial charge in [0.1, 0.15) is 0 Å². The molecule has 118 valence electrons. The average molecular weight is 328 g/mol. The molecule has 0 saturated heterocycles. The molecule has 0 saturated carbocycles. The molecule has 0 fully saturated rings. The zero-order chi connectivity index (χ0) is 15.5. The second kappa shape index (κ2) is 11.0. The van der Waals surface area contributed by atoms with Gasteiger partial charge in [-0.05, 0) is 36.8 Å². The second-order valence-corrected chi connectivity index (χ2v) is 6.44. The smallest absolute Gasteiger partial charge is 0.224 e. The van der Waals surface area contributed by atoms with Crippen molar-refractivity contribution in [1.82, 2.24) is 5.32 Å². The van der Waals surface area contributed by atoms with E-state index in [-0.39, 0.29) is 24.5 Å². The molecule has 2 atom stereocenters. The average Bonchev–Trinajstić information content (AvgIpc) is 2.52. The van der Waals surface area contributed by atoms with Crippen molar-refractivity contribution in [3.05, 3.63) is 35.9 Å². The van der Waals surface area contributed by atoms with Crippen LogP contribution in [0.15, 0.2) is 30.3 Å². The first-order valence-electron chi connectivity index (χ1n) is 7.26. The molecule has 0 heterocycles. The van der Waals surface area contributed by atoms with Crippen LogP contribution < -0.4 is 5.32 Å². The third-order valence-corrected chi connectivity index (χ3v) is 4.52. The van der Waals surface area contributed by atoms with Crippen molar-refractivity contribution in [2.24, 2.45) is 5.92 Å². The molecule has 0 aliphatic rings. The summed E-state index contributed by atoms with van der Waals surface area (Å²) in [5.74, 6) is 1.37. The number of carbonyl (C=O) groups excluding carboxylic acids is 1. The number of aliphatic hydroxyl groups excluding tert-OH is 1. The fourth-order valence-electron chi connectivity index (χ4n) is 2.14. The van der Waals surface area contributed by atoms with E-state index in [0.29, 0.717) is 12.2 Å². The Hall–Kier alpha value is -0.650. The van der Waals surface area contributed by atoms with Gasteiger partial charge in [0, 0.05) is 5.75 Å². The van der Waals surface area contributed by atoms with Gasteiger partial charge in [-0.15, -0.1) is 0 Å². The molecule has 3 nitrogen and oxygen atoms in total. The molecule has 0 aliphatic carbocycles. The lowest BCUT2D eigenvalue weighted by atomic mass is 9.99. The summed E-state index contributed by atoms with van der Waals surface area (Å²) in [6, 6.07) is 9.80. The molecule has 0 aromatic heterocycles. The number of hydrogen-bond donors (Lipinski definition) is 3. The summed E-state index contributed by atoms with van der Waals surface area (Å²) >= 11 is 6.07. The number of benzene rings is 1. The van der Waals surface area contributed by atoms with Crippen molar-refractivity contribution in [1.29, 1.82) is 0 Å². The van der Waals surface area contributed by atoms with Crippen LogP contribution in [0.3, 0.4) is 0 Å². The van der Waals surface area contributed by atoms with E-state index in [1.807, 2.05) is 30.3 Å². The normalized spacial score (nSPS) is 13.7. The lowest BCUT2D eigenvalue weighted by Gasteiger charge is -2.20. The van der Waals surface area contributed by atoms with Gasteiger partial charge in [0.25, 0.3) is 0 Å². The molecule has 21 heavy (non-hydrogen) atoms. The summed E-state index contributed by atoms with van der Waals surface area (Å²) in [5.41, 5.74) is 1.13. The number of thioether (sulfide) groups is 1. The van der Waals surface area contributed by atoms with Gasteiger partial charge in [-0.1, -0.05) is 30.3 Å². The summed E-state index contributed by atoms with van der Waals surface area (Å²) in [6.45, 7) is -0.00918. The van der Waals surface area contributed by atoms with Crippen LogP contribution in [0.1, 0.15) is 18.4 Å². The topological polar surface area (TPSA) is 49.3 Å². The highest BCUT2D eigenvalue weighted by Gasteiger charge is 2.20. The number of amides is 1. The fourth-order valence-corrected chi connectivity index (χ4v) is 2.89. The van der Waals surface area contributed by atoms with Crippen LogP contribution in [0.4, 0.5) is 0 Å². The van der Waals surface area contributed by atoms with Crippen molar-refractivity contribution in [2.75, 3.05) is 24.4 Å². The quantitative estimate of drug-likeness (QED) is 0.457. The Morgan fingerprint density at radius 1 is 1.38 bits per heavy atom. The molecule has 1 aromatic carbocycles. The van der Waals surface area contributed by atoms with Crippen molar-refractivity contribution < 1.29 is 9.90 Å². The molecule has 0 aliphatic heterocycles. The molecule has 0 radical (unpaired) electrons. The van der Waals surface area contributed by atoms with Gasteiger partial charge in [0.05, 0.1) is 18.6 Å². The Morgan fingerprint density at radius 2 is 2.10 bits per heavy atom. The molecule has 0 spiro atoms. The zero-order valence-corrected chi connectivity index (χ0v) is 14.2. The minimum absolute atomic E-state index is 0.00918. The summed E-state index contributed by atoms with van der Waals surface area (Å²) in [7, 11) is 0. The third kappa shape index (κ3) is 7.25. The second-order valence-electron chi connectivity index (χ2n) is 5.09. The van der Waals surface area contributed by atoms with Crippen LogP contribution >= 0.6 is 24.4 Å². The Labute approximate surface area is 137 Å². The number of hydrogen-bond acceptors (Lipinski definition) is 4. The van der Waals surface area contributed by atoms with Gasteiger partial charge in [0.2, 0.25) is 5.91 Å². The van der Waals surface area contributed by atoms with E-state index >= 15 is 0 Å². The Bertz CT molecular complexity index is 401. The van der Waals surface area contributed by atoms with E-state index in [2.05, 4.69) is 24.2 Å². The van der Waals surface area contributed by atoms with Crippen molar-refractivity contribution in [3.8, 4) is 0 Å². The number of thiol groups is 1. The Morgan fingerprint density at radius 3 is 2.67 bits per heavy atom. The van der Waals surface area contributed by atoms with Crippen molar-refractivity contribution in [2.45, 2.75) is 25.3 Å². The molecule has 0 bridgehead atoms. The highest BCUT2D eigenvalue weighted by Crippen LogP contribution is 2.12. The first-order chi connectivity index (χ1) is 10.2. The largest absolute Gasteiger partial charge is 0.394 e. The van der Waals surface area contributed by atoms with Gasteiger partial charge >= 0.3 is 0 Å². The summed E-state index contributed by atoms with van der Waals surface area (Å²) < 4.78 is 0. The number of nitrogens with one attached hydrogen (secondary N) is 1. The molecule has 1 amide bonds. The van der Waals surface area contributed by atoms with Crippen LogP contribution in [0, 0.1) is 5.92 Å².